The zero-order valence-corrected chi connectivity index (χ0v) is 11.2. The maximum absolute atomic E-state index is 12.7. The zero-order valence-electron chi connectivity index (χ0n) is 11.2. The molecule has 0 aliphatic heterocycles. The number of rotatable bonds is 5. The lowest BCUT2D eigenvalue weighted by molar-refractivity contribution is 0.330. The van der Waals surface area contributed by atoms with Crippen LogP contribution in [0.2, 0.25) is 0 Å². The van der Waals surface area contributed by atoms with Crippen LogP contribution in [0.1, 0.15) is 11.1 Å². The molecule has 0 radical (unpaired) electrons. The largest absolute Gasteiger partial charge is 0.491 e. The minimum absolute atomic E-state index is 0.225. The number of nitrogens with one attached hydrogen (secondary N) is 1. The lowest BCUT2D eigenvalue weighted by atomic mass is 10.1. The first kappa shape index (κ1) is 13.4. The summed E-state index contributed by atoms with van der Waals surface area (Å²) in [5.41, 5.74) is 3.21. The third-order valence-electron chi connectivity index (χ3n) is 2.88. The highest BCUT2D eigenvalue weighted by atomic mass is 19.1. The molecule has 2 aromatic rings. The molecule has 0 amide bonds. The van der Waals surface area contributed by atoms with Crippen LogP contribution in [-0.4, -0.2) is 13.2 Å². The van der Waals surface area contributed by atoms with Crippen LogP contribution in [-0.2, 0) is 0 Å². The van der Waals surface area contributed by atoms with Crippen LogP contribution in [0.15, 0.2) is 42.5 Å². The topological polar surface area (TPSA) is 21.3 Å². The van der Waals surface area contributed by atoms with E-state index in [1.165, 1.54) is 17.7 Å². The van der Waals surface area contributed by atoms with Gasteiger partial charge in [-0.25, -0.2) is 4.39 Å². The summed E-state index contributed by atoms with van der Waals surface area (Å²) < 4.78 is 18.5. The van der Waals surface area contributed by atoms with E-state index in [4.69, 9.17) is 4.74 Å². The van der Waals surface area contributed by atoms with Gasteiger partial charge in [-0.15, -0.1) is 0 Å². The lowest BCUT2D eigenvalue weighted by Gasteiger charge is -2.11. The van der Waals surface area contributed by atoms with Gasteiger partial charge in [-0.05, 0) is 55.3 Å². The Bertz CT molecular complexity index is 537. The quantitative estimate of drug-likeness (QED) is 0.821. The standard InChI is InChI=1S/C16H18FNO/c1-12-3-4-13(2)16(11-12)19-10-9-18-15-7-5-14(17)6-8-15/h3-8,11,18H,9-10H2,1-2H3. The maximum atomic E-state index is 12.7. The number of aryl methyl sites for hydroxylation is 2. The lowest BCUT2D eigenvalue weighted by Crippen LogP contribution is -2.11. The summed E-state index contributed by atoms with van der Waals surface area (Å²) >= 11 is 0. The van der Waals surface area contributed by atoms with Crippen molar-refractivity contribution in [1.82, 2.24) is 0 Å². The monoisotopic (exact) mass is 259 g/mol. The molecule has 100 valence electrons. The first-order valence-electron chi connectivity index (χ1n) is 6.34. The fraction of sp³-hybridized carbons (Fsp3) is 0.250. The summed E-state index contributed by atoms with van der Waals surface area (Å²) in [7, 11) is 0. The molecule has 0 unspecified atom stereocenters. The van der Waals surface area contributed by atoms with Gasteiger partial charge in [0.25, 0.3) is 0 Å². The van der Waals surface area contributed by atoms with Crippen molar-refractivity contribution < 1.29 is 9.13 Å². The number of benzene rings is 2. The van der Waals surface area contributed by atoms with E-state index in [1.54, 1.807) is 12.1 Å². The first-order chi connectivity index (χ1) is 9.15. The molecule has 2 rings (SSSR count). The fourth-order valence-electron chi connectivity index (χ4n) is 1.79. The number of ether oxygens (including phenoxy) is 1. The Hall–Kier alpha value is -2.03. The first-order valence-corrected chi connectivity index (χ1v) is 6.34. The maximum Gasteiger partial charge on any atom is 0.123 e. The smallest absolute Gasteiger partial charge is 0.123 e. The van der Waals surface area contributed by atoms with Crippen LogP contribution < -0.4 is 10.1 Å². The van der Waals surface area contributed by atoms with E-state index >= 15 is 0 Å². The Kier molecular flexibility index (Phi) is 4.39. The van der Waals surface area contributed by atoms with Crippen LogP contribution in [0.4, 0.5) is 10.1 Å². The molecule has 2 nitrogen and oxygen atoms in total. The highest BCUT2D eigenvalue weighted by Gasteiger charge is 1.99. The van der Waals surface area contributed by atoms with E-state index in [0.717, 1.165) is 17.0 Å². The van der Waals surface area contributed by atoms with Gasteiger partial charge in [-0.3, -0.25) is 0 Å². The van der Waals surface area contributed by atoms with Crippen molar-refractivity contribution in [1.29, 1.82) is 0 Å². The van der Waals surface area contributed by atoms with E-state index in [0.29, 0.717) is 13.2 Å². The Morgan fingerprint density at radius 2 is 1.79 bits per heavy atom. The van der Waals surface area contributed by atoms with Crippen LogP contribution in [0.25, 0.3) is 0 Å². The predicted molar refractivity (Wildman–Crippen MR) is 76.3 cm³/mol. The predicted octanol–water partition coefficient (Wildman–Crippen LogP) is 3.93. The molecule has 0 spiro atoms. The molecule has 0 saturated heterocycles. The third-order valence-corrected chi connectivity index (χ3v) is 2.88. The Balaban J connectivity index is 1.80. The van der Waals surface area contributed by atoms with E-state index in [2.05, 4.69) is 17.4 Å². The van der Waals surface area contributed by atoms with Crippen molar-refractivity contribution >= 4 is 5.69 Å². The Labute approximate surface area is 113 Å². The summed E-state index contributed by atoms with van der Waals surface area (Å²) in [6.07, 6.45) is 0. The van der Waals surface area contributed by atoms with E-state index in [-0.39, 0.29) is 5.82 Å². The van der Waals surface area contributed by atoms with Gasteiger partial charge in [0.15, 0.2) is 0 Å². The highest BCUT2D eigenvalue weighted by Crippen LogP contribution is 2.18. The molecule has 0 fully saturated rings. The molecule has 0 aliphatic rings. The summed E-state index contributed by atoms with van der Waals surface area (Å²) in [5, 5.41) is 3.18. The summed E-state index contributed by atoms with van der Waals surface area (Å²) in [6, 6.07) is 12.5. The van der Waals surface area contributed by atoms with Gasteiger partial charge in [0.05, 0.1) is 0 Å². The van der Waals surface area contributed by atoms with Crippen LogP contribution in [0.5, 0.6) is 5.75 Å². The zero-order chi connectivity index (χ0) is 13.7. The number of hydrogen-bond donors (Lipinski definition) is 1. The molecule has 1 N–H and O–H groups in total. The van der Waals surface area contributed by atoms with Crippen molar-refractivity contribution in [2.24, 2.45) is 0 Å². The number of hydrogen-bond acceptors (Lipinski definition) is 2. The average molecular weight is 259 g/mol. The molecule has 0 aromatic heterocycles. The van der Waals surface area contributed by atoms with Gasteiger partial charge in [-0.1, -0.05) is 12.1 Å². The van der Waals surface area contributed by atoms with Gasteiger partial charge in [0.2, 0.25) is 0 Å². The molecule has 3 heteroatoms. The van der Waals surface area contributed by atoms with Gasteiger partial charge in [0, 0.05) is 12.2 Å². The van der Waals surface area contributed by atoms with Crippen LogP contribution in [0, 0.1) is 19.7 Å². The van der Waals surface area contributed by atoms with Gasteiger partial charge < -0.3 is 10.1 Å². The second kappa shape index (κ2) is 6.23. The molecule has 19 heavy (non-hydrogen) atoms. The van der Waals surface area contributed by atoms with Gasteiger partial charge in [-0.2, -0.15) is 0 Å². The molecule has 0 heterocycles. The van der Waals surface area contributed by atoms with Gasteiger partial charge in [0.1, 0.15) is 18.2 Å². The average Bonchev–Trinajstić information content (AvgIpc) is 2.40. The molecular weight excluding hydrogens is 241 g/mol. The van der Waals surface area contributed by atoms with Crippen molar-refractivity contribution in [3.63, 3.8) is 0 Å². The van der Waals surface area contributed by atoms with E-state index < -0.39 is 0 Å². The normalized spacial score (nSPS) is 10.3. The molecule has 0 bridgehead atoms. The summed E-state index contributed by atoms with van der Waals surface area (Å²) in [5.74, 6) is 0.693. The van der Waals surface area contributed by atoms with Crippen molar-refractivity contribution in [3.8, 4) is 5.75 Å². The van der Waals surface area contributed by atoms with E-state index in [9.17, 15) is 4.39 Å². The second-order valence-electron chi connectivity index (χ2n) is 4.55. The SMILES string of the molecule is Cc1ccc(C)c(OCCNc2ccc(F)cc2)c1. The molecule has 0 atom stereocenters. The van der Waals surface area contributed by atoms with Crippen molar-refractivity contribution in [2.45, 2.75) is 13.8 Å². The minimum atomic E-state index is -0.225. The number of halogens is 1. The molecule has 0 saturated carbocycles. The van der Waals surface area contributed by atoms with Crippen LogP contribution >= 0.6 is 0 Å². The van der Waals surface area contributed by atoms with E-state index in [1.807, 2.05) is 19.9 Å². The Morgan fingerprint density at radius 3 is 2.53 bits per heavy atom. The second-order valence-corrected chi connectivity index (χ2v) is 4.55. The fourth-order valence-corrected chi connectivity index (χ4v) is 1.79. The minimum Gasteiger partial charge on any atom is -0.491 e. The summed E-state index contributed by atoms with van der Waals surface area (Å²) in [6.45, 7) is 5.33. The Morgan fingerprint density at radius 1 is 1.05 bits per heavy atom. The highest BCUT2D eigenvalue weighted by molar-refractivity contribution is 5.42. The number of anilines is 1. The van der Waals surface area contributed by atoms with Crippen LogP contribution in [0.3, 0.4) is 0 Å². The molecular formula is C16H18FNO. The van der Waals surface area contributed by atoms with Gasteiger partial charge >= 0.3 is 0 Å². The third kappa shape index (κ3) is 3.98. The van der Waals surface area contributed by atoms with Crippen molar-refractivity contribution in [3.05, 3.63) is 59.4 Å². The molecule has 2 aromatic carbocycles. The van der Waals surface area contributed by atoms with Crippen molar-refractivity contribution in [2.75, 3.05) is 18.5 Å². The summed E-state index contributed by atoms with van der Waals surface area (Å²) in [4.78, 5) is 0. The molecule has 0 aliphatic carbocycles.